The van der Waals surface area contributed by atoms with Crippen LogP contribution >= 0.6 is 0 Å². The Morgan fingerprint density at radius 2 is 1.69 bits per heavy atom. The molecule has 184 valence electrons. The summed E-state index contributed by atoms with van der Waals surface area (Å²) in [5, 5.41) is 30.2. The van der Waals surface area contributed by atoms with E-state index >= 15 is 0 Å². The van der Waals surface area contributed by atoms with E-state index in [0.717, 1.165) is 11.1 Å². The van der Waals surface area contributed by atoms with Crippen LogP contribution in [0.3, 0.4) is 0 Å². The van der Waals surface area contributed by atoms with Crippen molar-refractivity contribution in [2.45, 2.75) is 32.7 Å². The summed E-state index contributed by atoms with van der Waals surface area (Å²) < 4.78 is 7.15. The number of amides is 1. The molecule has 0 aliphatic heterocycles. The first-order valence-corrected chi connectivity index (χ1v) is 11.3. The van der Waals surface area contributed by atoms with E-state index in [2.05, 4.69) is 31.0 Å². The van der Waals surface area contributed by atoms with Crippen molar-refractivity contribution in [3.63, 3.8) is 0 Å². The quantitative estimate of drug-likeness (QED) is 0.187. The third-order valence-electron chi connectivity index (χ3n) is 5.75. The van der Waals surface area contributed by atoms with Gasteiger partial charge in [0.25, 0.3) is 5.69 Å². The Balaban J connectivity index is 1.50. The fraction of sp³-hybridized carbons (Fsp3) is 0.222. The number of rotatable bonds is 7. The molecular formula is C27H26N4O5. The molecule has 1 aromatic heterocycles. The monoisotopic (exact) mass is 486 g/mol. The molecule has 0 saturated carbocycles. The van der Waals surface area contributed by atoms with Gasteiger partial charge < -0.3 is 14.4 Å². The molecule has 0 aliphatic carbocycles. The summed E-state index contributed by atoms with van der Waals surface area (Å²) in [6.45, 7) is 6.31. The van der Waals surface area contributed by atoms with E-state index in [4.69, 9.17) is 4.74 Å². The maximum atomic E-state index is 12.3. The van der Waals surface area contributed by atoms with E-state index in [1.165, 1.54) is 12.1 Å². The lowest BCUT2D eigenvalue weighted by molar-refractivity contribution is -0.384. The van der Waals surface area contributed by atoms with E-state index < -0.39 is 10.8 Å². The highest BCUT2D eigenvalue weighted by Crippen LogP contribution is 2.39. The predicted molar refractivity (Wildman–Crippen MR) is 136 cm³/mol. The molecule has 0 aliphatic rings. The number of nitro benzene ring substituents is 1. The van der Waals surface area contributed by atoms with Crippen molar-refractivity contribution in [3.05, 3.63) is 94.0 Å². The first-order chi connectivity index (χ1) is 17.1. The molecule has 0 unspecified atom stereocenters. The molecule has 9 nitrogen and oxygen atoms in total. The number of nitrogens with zero attached hydrogens (tertiary/aromatic N) is 4. The normalized spacial score (nSPS) is 11.8. The fourth-order valence-corrected chi connectivity index (χ4v) is 3.77. The number of fused-ring (bicyclic) bond motifs is 1. The molecule has 3 aromatic carbocycles. The molecule has 0 radical (unpaired) electrons. The molecule has 1 amide bonds. The number of hydrogen-bond acceptors (Lipinski definition) is 6. The second-order valence-electron chi connectivity index (χ2n) is 9.36. The minimum absolute atomic E-state index is 0.0132. The van der Waals surface area contributed by atoms with Gasteiger partial charge in [0.2, 0.25) is 5.88 Å². The molecule has 0 saturated heterocycles. The molecule has 1 N–H and O–H groups in total. The van der Waals surface area contributed by atoms with Crippen molar-refractivity contribution in [1.82, 2.24) is 4.57 Å². The molecule has 0 bridgehead atoms. The Morgan fingerprint density at radius 3 is 2.33 bits per heavy atom. The third kappa shape index (κ3) is 5.41. The topological polar surface area (TPSA) is 119 Å². The first-order valence-electron chi connectivity index (χ1n) is 11.3. The molecule has 0 fully saturated rings. The Kier molecular flexibility index (Phi) is 6.82. The van der Waals surface area contributed by atoms with Gasteiger partial charge >= 0.3 is 5.91 Å². The van der Waals surface area contributed by atoms with E-state index in [1.54, 1.807) is 28.8 Å². The number of aromatic hydroxyl groups is 1. The number of aromatic nitrogens is 1. The lowest BCUT2D eigenvalue weighted by Crippen LogP contribution is -2.11. The number of non-ortho nitro benzene ring substituents is 1. The van der Waals surface area contributed by atoms with Crippen LogP contribution in [-0.2, 0) is 16.8 Å². The van der Waals surface area contributed by atoms with E-state index in [0.29, 0.717) is 16.7 Å². The summed E-state index contributed by atoms with van der Waals surface area (Å²) in [4.78, 5) is 22.8. The van der Waals surface area contributed by atoms with E-state index in [1.807, 2.05) is 36.4 Å². The minimum Gasteiger partial charge on any atom is -0.493 e. The Hall–Kier alpha value is -4.53. The van der Waals surface area contributed by atoms with Crippen LogP contribution in [0.5, 0.6) is 11.6 Å². The molecule has 36 heavy (non-hydrogen) atoms. The van der Waals surface area contributed by atoms with Gasteiger partial charge in [-0.3, -0.25) is 14.9 Å². The van der Waals surface area contributed by atoms with Gasteiger partial charge in [0.15, 0.2) is 12.3 Å². The fourth-order valence-electron chi connectivity index (χ4n) is 3.77. The molecule has 0 spiro atoms. The SMILES string of the molecule is CC(C)(C)c1ccc(OCC(=O)N=Nc2c(O)n(Cc3ccc([N+](=O)[O-])cc3)c3ccccc23)cc1. The Bertz CT molecular complexity index is 1430. The zero-order chi connectivity index (χ0) is 25.9. The van der Waals surface area contributed by atoms with Crippen LogP contribution in [-0.4, -0.2) is 27.1 Å². The van der Waals surface area contributed by atoms with Gasteiger partial charge in [0.05, 0.1) is 17.0 Å². The zero-order valence-electron chi connectivity index (χ0n) is 20.2. The standard InChI is InChI=1S/C27H26N4O5/c1-27(2,3)19-10-14-21(15-11-19)36-17-24(32)28-29-25-22-6-4-5-7-23(22)30(26(25)33)16-18-8-12-20(13-9-18)31(34)35/h4-15,33H,16-17H2,1-3H3. The van der Waals surface area contributed by atoms with Crippen molar-refractivity contribution in [2.75, 3.05) is 6.61 Å². The molecule has 1 heterocycles. The van der Waals surface area contributed by atoms with Crippen LogP contribution in [0.25, 0.3) is 10.9 Å². The number of ether oxygens (including phenoxy) is 1. The van der Waals surface area contributed by atoms with E-state index in [-0.39, 0.29) is 35.8 Å². The summed E-state index contributed by atoms with van der Waals surface area (Å²) in [5.41, 5.74) is 2.76. The van der Waals surface area contributed by atoms with Crippen LogP contribution in [0.1, 0.15) is 31.9 Å². The lowest BCUT2D eigenvalue weighted by Gasteiger charge is -2.19. The van der Waals surface area contributed by atoms with Gasteiger partial charge in [0.1, 0.15) is 5.75 Å². The maximum absolute atomic E-state index is 12.3. The second kappa shape index (κ2) is 9.99. The molecule has 4 aromatic rings. The van der Waals surface area contributed by atoms with Gasteiger partial charge in [-0.05, 0) is 34.7 Å². The lowest BCUT2D eigenvalue weighted by atomic mass is 9.87. The van der Waals surface area contributed by atoms with Crippen molar-refractivity contribution >= 4 is 28.2 Å². The highest BCUT2D eigenvalue weighted by Gasteiger charge is 2.18. The van der Waals surface area contributed by atoms with Crippen LogP contribution in [0.15, 0.2) is 83.0 Å². The number of carbonyl (C=O) groups is 1. The van der Waals surface area contributed by atoms with Crippen LogP contribution in [0.4, 0.5) is 11.4 Å². The van der Waals surface area contributed by atoms with Gasteiger partial charge in [-0.15, -0.1) is 10.2 Å². The molecular weight excluding hydrogens is 460 g/mol. The summed E-state index contributed by atoms with van der Waals surface area (Å²) >= 11 is 0. The number of benzene rings is 3. The predicted octanol–water partition coefficient (Wildman–Crippen LogP) is 6.29. The molecule has 9 heteroatoms. The van der Waals surface area contributed by atoms with Crippen molar-refractivity contribution in [2.24, 2.45) is 10.2 Å². The van der Waals surface area contributed by atoms with Crippen LogP contribution in [0.2, 0.25) is 0 Å². The number of para-hydroxylation sites is 1. The number of hydrogen-bond donors (Lipinski definition) is 1. The average molecular weight is 487 g/mol. The highest BCUT2D eigenvalue weighted by molar-refractivity contribution is 5.95. The molecule has 4 rings (SSSR count). The summed E-state index contributed by atoms with van der Waals surface area (Å²) in [6, 6.07) is 20.8. The smallest absolute Gasteiger partial charge is 0.302 e. The van der Waals surface area contributed by atoms with E-state index in [9.17, 15) is 20.0 Å². The largest absolute Gasteiger partial charge is 0.493 e. The van der Waals surface area contributed by atoms with Gasteiger partial charge in [-0.25, -0.2) is 0 Å². The zero-order valence-corrected chi connectivity index (χ0v) is 20.2. The van der Waals surface area contributed by atoms with Gasteiger partial charge in [-0.2, -0.15) is 0 Å². The third-order valence-corrected chi connectivity index (χ3v) is 5.75. The van der Waals surface area contributed by atoms with Crippen LogP contribution in [0, 0.1) is 10.1 Å². The van der Waals surface area contributed by atoms with Crippen molar-refractivity contribution in [1.29, 1.82) is 0 Å². The summed E-state index contributed by atoms with van der Waals surface area (Å²) in [5.74, 6) is -0.208. The van der Waals surface area contributed by atoms with Crippen molar-refractivity contribution in [3.8, 4) is 11.6 Å². The summed E-state index contributed by atoms with van der Waals surface area (Å²) in [7, 11) is 0. The number of carbonyl (C=O) groups excluding carboxylic acids is 1. The average Bonchev–Trinajstić information content (AvgIpc) is 3.12. The number of azo groups is 1. The molecule has 0 atom stereocenters. The van der Waals surface area contributed by atoms with Gasteiger partial charge in [-0.1, -0.05) is 63.2 Å². The summed E-state index contributed by atoms with van der Waals surface area (Å²) in [6.07, 6.45) is 0. The van der Waals surface area contributed by atoms with Crippen LogP contribution < -0.4 is 4.74 Å². The van der Waals surface area contributed by atoms with Gasteiger partial charge in [0, 0.05) is 17.5 Å². The first kappa shape index (κ1) is 24.6. The Morgan fingerprint density at radius 1 is 1.03 bits per heavy atom. The van der Waals surface area contributed by atoms with Crippen molar-refractivity contribution < 1.29 is 19.6 Å². The Labute approximate surface area is 207 Å². The second-order valence-corrected chi connectivity index (χ2v) is 9.36. The number of nitro groups is 1. The highest BCUT2D eigenvalue weighted by atomic mass is 16.6. The maximum Gasteiger partial charge on any atom is 0.302 e. The minimum atomic E-state index is -0.596.